The van der Waals surface area contributed by atoms with Crippen LogP contribution in [0.4, 0.5) is 0 Å². The SMILES string of the molecule is CC(CN)N(C)CC12CC3CC(CC(C3)C1)C2. The van der Waals surface area contributed by atoms with E-state index in [4.69, 9.17) is 5.73 Å². The van der Waals surface area contributed by atoms with Crippen molar-refractivity contribution in [1.82, 2.24) is 4.90 Å². The van der Waals surface area contributed by atoms with Crippen molar-refractivity contribution in [2.45, 2.75) is 51.5 Å². The lowest BCUT2D eigenvalue weighted by atomic mass is 9.49. The molecule has 0 aromatic rings. The Balaban J connectivity index is 1.69. The fraction of sp³-hybridized carbons (Fsp3) is 1.00. The summed E-state index contributed by atoms with van der Waals surface area (Å²) in [6, 6.07) is 0.544. The lowest BCUT2D eigenvalue weighted by Crippen LogP contribution is -2.52. The number of likely N-dealkylation sites (N-methyl/N-ethyl adjacent to an activating group) is 1. The van der Waals surface area contributed by atoms with Crippen molar-refractivity contribution < 1.29 is 0 Å². The van der Waals surface area contributed by atoms with Gasteiger partial charge in [0.25, 0.3) is 0 Å². The molecule has 1 unspecified atom stereocenters. The molecule has 0 spiro atoms. The van der Waals surface area contributed by atoms with Crippen molar-refractivity contribution >= 4 is 0 Å². The van der Waals surface area contributed by atoms with Gasteiger partial charge in [-0.2, -0.15) is 0 Å². The predicted molar refractivity (Wildman–Crippen MR) is 71.8 cm³/mol. The van der Waals surface area contributed by atoms with E-state index >= 15 is 0 Å². The summed E-state index contributed by atoms with van der Waals surface area (Å²) in [6.45, 7) is 4.36. The zero-order valence-corrected chi connectivity index (χ0v) is 11.5. The zero-order valence-electron chi connectivity index (χ0n) is 11.5. The van der Waals surface area contributed by atoms with Crippen LogP contribution in [0.2, 0.25) is 0 Å². The molecule has 4 aliphatic carbocycles. The van der Waals surface area contributed by atoms with Gasteiger partial charge in [0.2, 0.25) is 0 Å². The number of nitrogens with two attached hydrogens (primary N) is 1. The Hall–Kier alpha value is -0.0800. The Morgan fingerprint density at radius 3 is 2.00 bits per heavy atom. The summed E-state index contributed by atoms with van der Waals surface area (Å²) in [6.07, 6.45) is 9.20. The molecule has 4 fully saturated rings. The van der Waals surface area contributed by atoms with E-state index in [-0.39, 0.29) is 0 Å². The van der Waals surface area contributed by atoms with Gasteiger partial charge in [0.1, 0.15) is 0 Å². The lowest BCUT2D eigenvalue weighted by molar-refractivity contribution is -0.0695. The van der Waals surface area contributed by atoms with Crippen molar-refractivity contribution in [1.29, 1.82) is 0 Å². The van der Waals surface area contributed by atoms with Crippen LogP contribution in [0.5, 0.6) is 0 Å². The highest BCUT2D eigenvalue weighted by molar-refractivity contribution is 5.02. The smallest absolute Gasteiger partial charge is 0.0187 e. The molecule has 2 N–H and O–H groups in total. The van der Waals surface area contributed by atoms with Crippen LogP contribution < -0.4 is 5.73 Å². The Morgan fingerprint density at radius 1 is 1.12 bits per heavy atom. The lowest BCUT2D eigenvalue weighted by Gasteiger charge is -2.58. The van der Waals surface area contributed by atoms with Gasteiger partial charge in [-0.25, -0.2) is 0 Å². The van der Waals surface area contributed by atoms with Crippen LogP contribution in [0.1, 0.15) is 45.4 Å². The minimum Gasteiger partial charge on any atom is -0.329 e. The van der Waals surface area contributed by atoms with E-state index in [1.807, 2.05) is 0 Å². The summed E-state index contributed by atoms with van der Waals surface area (Å²) < 4.78 is 0. The average molecular weight is 236 g/mol. The average Bonchev–Trinajstić information content (AvgIpc) is 2.25. The molecule has 4 bridgehead atoms. The fourth-order valence-electron chi connectivity index (χ4n) is 5.35. The Morgan fingerprint density at radius 2 is 1.59 bits per heavy atom. The maximum atomic E-state index is 5.80. The van der Waals surface area contributed by atoms with Gasteiger partial charge in [0.05, 0.1) is 0 Å². The van der Waals surface area contributed by atoms with Gasteiger partial charge in [0, 0.05) is 19.1 Å². The van der Waals surface area contributed by atoms with E-state index in [0.717, 1.165) is 24.3 Å². The van der Waals surface area contributed by atoms with Crippen LogP contribution in [-0.4, -0.2) is 31.1 Å². The molecule has 2 nitrogen and oxygen atoms in total. The number of rotatable bonds is 4. The first-order valence-electron chi connectivity index (χ1n) is 7.50. The van der Waals surface area contributed by atoms with Crippen LogP contribution in [0.15, 0.2) is 0 Å². The summed E-state index contributed by atoms with van der Waals surface area (Å²) >= 11 is 0. The second-order valence-corrected chi connectivity index (χ2v) is 7.42. The normalized spacial score (nSPS) is 45.5. The van der Waals surface area contributed by atoms with Crippen LogP contribution in [0, 0.1) is 23.2 Å². The molecule has 4 rings (SSSR count). The largest absolute Gasteiger partial charge is 0.329 e. The third-order valence-corrected chi connectivity index (χ3v) is 5.84. The molecule has 0 heterocycles. The van der Waals surface area contributed by atoms with Crippen molar-refractivity contribution in [2.24, 2.45) is 28.9 Å². The third-order valence-electron chi connectivity index (χ3n) is 5.84. The molecule has 98 valence electrons. The molecule has 1 atom stereocenters. The van der Waals surface area contributed by atoms with Crippen LogP contribution in [0.25, 0.3) is 0 Å². The first-order valence-corrected chi connectivity index (χ1v) is 7.50. The van der Waals surface area contributed by atoms with Gasteiger partial charge < -0.3 is 10.6 Å². The van der Waals surface area contributed by atoms with E-state index in [1.165, 1.54) is 25.8 Å². The molecular formula is C15H28N2. The molecule has 4 saturated carbocycles. The molecule has 0 aliphatic heterocycles. The van der Waals surface area contributed by atoms with Crippen molar-refractivity contribution in [3.05, 3.63) is 0 Å². The summed E-state index contributed by atoms with van der Waals surface area (Å²) in [5.41, 5.74) is 6.47. The molecule has 0 aromatic heterocycles. The van der Waals surface area contributed by atoms with Gasteiger partial charge in [-0.05, 0) is 75.7 Å². The molecule has 2 heteroatoms. The van der Waals surface area contributed by atoms with E-state index in [9.17, 15) is 0 Å². The second kappa shape index (κ2) is 4.24. The van der Waals surface area contributed by atoms with Crippen LogP contribution in [0.3, 0.4) is 0 Å². The summed E-state index contributed by atoms with van der Waals surface area (Å²) in [5.74, 6) is 3.22. The van der Waals surface area contributed by atoms with Crippen molar-refractivity contribution in [3.63, 3.8) is 0 Å². The minimum atomic E-state index is 0.544. The van der Waals surface area contributed by atoms with Crippen molar-refractivity contribution in [3.8, 4) is 0 Å². The van der Waals surface area contributed by atoms with E-state index in [0.29, 0.717) is 11.5 Å². The van der Waals surface area contributed by atoms with E-state index < -0.39 is 0 Å². The van der Waals surface area contributed by atoms with Crippen LogP contribution >= 0.6 is 0 Å². The summed E-state index contributed by atoms with van der Waals surface area (Å²) in [7, 11) is 2.27. The second-order valence-electron chi connectivity index (χ2n) is 7.42. The first-order chi connectivity index (χ1) is 8.10. The van der Waals surface area contributed by atoms with Gasteiger partial charge in [-0.15, -0.1) is 0 Å². The fourth-order valence-corrected chi connectivity index (χ4v) is 5.35. The van der Waals surface area contributed by atoms with E-state index in [1.54, 1.807) is 19.3 Å². The predicted octanol–water partition coefficient (Wildman–Crippen LogP) is 2.48. The Bertz CT molecular complexity index is 251. The van der Waals surface area contributed by atoms with Gasteiger partial charge in [-0.3, -0.25) is 0 Å². The van der Waals surface area contributed by atoms with E-state index in [2.05, 4.69) is 18.9 Å². The monoisotopic (exact) mass is 236 g/mol. The maximum Gasteiger partial charge on any atom is 0.0187 e. The Labute approximate surface area is 106 Å². The number of nitrogens with zero attached hydrogens (tertiary/aromatic N) is 1. The molecule has 4 aliphatic rings. The summed E-state index contributed by atoms with van der Waals surface area (Å²) in [4.78, 5) is 2.52. The highest BCUT2D eigenvalue weighted by Gasteiger charge is 2.51. The quantitative estimate of drug-likeness (QED) is 0.812. The molecule has 0 amide bonds. The third kappa shape index (κ3) is 2.15. The van der Waals surface area contributed by atoms with Crippen LogP contribution in [-0.2, 0) is 0 Å². The maximum absolute atomic E-state index is 5.80. The van der Waals surface area contributed by atoms with Gasteiger partial charge in [-0.1, -0.05) is 0 Å². The standard InChI is InChI=1S/C15H28N2/c1-11(9-16)17(2)10-15-6-12-3-13(7-15)5-14(4-12)8-15/h11-14H,3-10,16H2,1-2H3. The number of hydrogen-bond acceptors (Lipinski definition) is 2. The van der Waals surface area contributed by atoms with Gasteiger partial charge in [0.15, 0.2) is 0 Å². The molecule has 0 radical (unpaired) electrons. The van der Waals surface area contributed by atoms with Crippen molar-refractivity contribution in [2.75, 3.05) is 20.1 Å². The van der Waals surface area contributed by atoms with Gasteiger partial charge >= 0.3 is 0 Å². The minimum absolute atomic E-state index is 0.544. The topological polar surface area (TPSA) is 29.3 Å². The highest BCUT2D eigenvalue weighted by Crippen LogP contribution is 2.60. The molecular weight excluding hydrogens is 208 g/mol. The molecule has 17 heavy (non-hydrogen) atoms. The Kier molecular flexibility index (Phi) is 2.99. The number of hydrogen-bond donors (Lipinski definition) is 1. The molecule has 0 saturated heterocycles. The zero-order chi connectivity index (χ0) is 12.0. The summed E-state index contributed by atoms with van der Waals surface area (Å²) in [5, 5.41) is 0. The highest BCUT2D eigenvalue weighted by atomic mass is 15.1. The molecule has 0 aromatic carbocycles. The first kappa shape index (κ1) is 12.0.